The number of amides is 7. The van der Waals surface area contributed by atoms with Crippen LogP contribution in [-0.4, -0.2) is 131 Å². The highest BCUT2D eigenvalue weighted by Crippen LogP contribution is 2.26. The quantitative estimate of drug-likeness (QED) is 0.0984. The van der Waals surface area contributed by atoms with Crippen molar-refractivity contribution < 1.29 is 47.8 Å². The number of methoxy groups -OCH3 is 1. The lowest BCUT2D eigenvalue weighted by Crippen LogP contribution is -2.53. The smallest absolute Gasteiger partial charge is 0.312 e. The summed E-state index contributed by atoms with van der Waals surface area (Å²) in [6, 6.07) is 4.84. The molecule has 1 saturated heterocycles. The fourth-order valence-electron chi connectivity index (χ4n) is 4.66. The molecule has 0 radical (unpaired) electrons. The number of nitrogens with one attached hydrogen (secondary N) is 5. The average molecular weight is 765 g/mol. The molecule has 0 aromatic heterocycles. The fraction of sp³-hybridized carbons (Fsp3) is 0.556. The predicted molar refractivity (Wildman–Crippen MR) is 204 cm³/mol. The molecule has 0 saturated carbocycles. The van der Waals surface area contributed by atoms with E-state index in [-0.39, 0.29) is 32.0 Å². The van der Waals surface area contributed by atoms with Crippen molar-refractivity contribution in [2.24, 2.45) is 11.7 Å². The summed E-state index contributed by atoms with van der Waals surface area (Å²) in [5.74, 6) is -3.04. The maximum atomic E-state index is 12.9. The van der Waals surface area contributed by atoms with Gasteiger partial charge >= 0.3 is 6.03 Å². The molecule has 1 aromatic rings. The molecule has 7 amide bonds. The molecule has 2 aliphatic heterocycles. The molecule has 0 spiro atoms. The van der Waals surface area contributed by atoms with Gasteiger partial charge in [0.1, 0.15) is 25.0 Å². The molecule has 2 aliphatic rings. The minimum absolute atomic E-state index is 0.118. The normalized spacial score (nSPS) is 15.8. The third kappa shape index (κ3) is 19.5. The van der Waals surface area contributed by atoms with E-state index in [1.54, 1.807) is 13.8 Å². The molecular weight excluding hydrogens is 704 g/mol. The summed E-state index contributed by atoms with van der Waals surface area (Å²) in [5, 5.41) is 13.2. The summed E-state index contributed by atoms with van der Waals surface area (Å²) in [6.45, 7) is 10.5. The Balaban J connectivity index is 0. The Labute approximate surface area is 318 Å². The first-order valence-corrected chi connectivity index (χ1v) is 17.5. The summed E-state index contributed by atoms with van der Waals surface area (Å²) < 4.78 is 9.72. The molecule has 3 atom stereocenters. The molecule has 1 aromatic carbocycles. The van der Waals surface area contributed by atoms with Gasteiger partial charge in [-0.25, -0.2) is 4.79 Å². The van der Waals surface area contributed by atoms with Gasteiger partial charge in [0.05, 0.1) is 25.7 Å². The van der Waals surface area contributed by atoms with E-state index < -0.39 is 53.7 Å². The van der Waals surface area contributed by atoms with Crippen LogP contribution in [0.5, 0.6) is 0 Å². The number of urea groups is 1. The Morgan fingerprint density at radius 2 is 1.56 bits per heavy atom. The zero-order valence-corrected chi connectivity index (χ0v) is 32.9. The topological polar surface area (TPSA) is 248 Å². The molecule has 3 unspecified atom stereocenters. The lowest BCUT2D eigenvalue weighted by atomic mass is 10.0. The average Bonchev–Trinajstić information content (AvgIpc) is 3.64. The number of aldehydes is 1. The van der Waals surface area contributed by atoms with Crippen LogP contribution in [0, 0.1) is 5.92 Å². The van der Waals surface area contributed by atoms with Gasteiger partial charge in [-0.3, -0.25) is 33.7 Å². The van der Waals surface area contributed by atoms with Crippen LogP contribution < -0.4 is 32.3 Å². The molecule has 18 heteroatoms. The van der Waals surface area contributed by atoms with Crippen molar-refractivity contribution in [3.05, 3.63) is 42.0 Å². The van der Waals surface area contributed by atoms with E-state index in [1.165, 1.54) is 12.0 Å². The van der Waals surface area contributed by atoms with E-state index in [4.69, 9.17) is 10.5 Å². The first-order valence-electron chi connectivity index (χ1n) is 17.5. The van der Waals surface area contributed by atoms with Crippen LogP contribution in [0.25, 0.3) is 0 Å². The monoisotopic (exact) mass is 764 g/mol. The predicted octanol–water partition coefficient (Wildman–Crippen LogP) is 0.311. The van der Waals surface area contributed by atoms with Crippen LogP contribution in [0.3, 0.4) is 0 Å². The van der Waals surface area contributed by atoms with E-state index in [9.17, 15) is 38.4 Å². The van der Waals surface area contributed by atoms with Crippen LogP contribution in [0.1, 0.15) is 53.0 Å². The van der Waals surface area contributed by atoms with Crippen molar-refractivity contribution in [1.29, 1.82) is 0 Å². The van der Waals surface area contributed by atoms with Crippen LogP contribution in [-0.2, 0) is 49.6 Å². The highest BCUT2D eigenvalue weighted by atomic mass is 16.5. The Kier molecular flexibility index (Phi) is 28.3. The van der Waals surface area contributed by atoms with E-state index in [2.05, 4.69) is 31.3 Å². The first-order chi connectivity index (χ1) is 25.8. The van der Waals surface area contributed by atoms with Gasteiger partial charge in [0.15, 0.2) is 0 Å². The SMILES string of the molecule is CC.CCCNC(N)=O.CNC.CNc1ccc(COC=O)cc1.COCC1CC(N2C(=O)C=CC2=O)C(=O)N1CC(=O)NC(C(=O)NCC=O)C(C)C. The second-order valence-corrected chi connectivity index (χ2v) is 11.6. The van der Waals surface area contributed by atoms with Crippen molar-refractivity contribution in [2.75, 3.05) is 59.8 Å². The Morgan fingerprint density at radius 1 is 0.981 bits per heavy atom. The Morgan fingerprint density at radius 3 is 1.98 bits per heavy atom. The van der Waals surface area contributed by atoms with E-state index in [0.717, 1.165) is 34.7 Å². The molecule has 54 heavy (non-hydrogen) atoms. The number of nitrogens with two attached hydrogens (primary N) is 1. The first kappa shape index (κ1) is 50.7. The van der Waals surface area contributed by atoms with Gasteiger partial charge in [0.2, 0.25) is 17.7 Å². The second-order valence-electron chi connectivity index (χ2n) is 11.6. The number of rotatable bonds is 16. The summed E-state index contributed by atoms with van der Waals surface area (Å²) in [6.07, 6.45) is 3.81. The van der Waals surface area contributed by atoms with Crippen molar-refractivity contribution >= 4 is 54.0 Å². The zero-order valence-electron chi connectivity index (χ0n) is 32.9. The molecule has 3 rings (SSSR count). The molecule has 18 nitrogen and oxygen atoms in total. The molecule has 1 fully saturated rings. The summed E-state index contributed by atoms with van der Waals surface area (Å²) >= 11 is 0. The standard InChI is InChI=1S/C19H26N4O7.C9H11NO2.C4H10N2O.C2H7N.C2H6/c1-11(2)17(18(28)20-6-7-24)21-14(25)9-22-12(10-30-3)8-13(19(22)29)23-15(26)4-5-16(23)27;1-10-9-4-2-8(3-5-9)6-12-7-11;1-2-3-6-4(5)7;1-3-2;1-2/h4-5,7,11-13,17H,6,8-10H2,1-3H3,(H,20,28)(H,21,25);2-5,7,10H,6H2,1H3;2-3H2,1H3,(H3,5,6,7);3H,1-2H3;1-2H3. The van der Waals surface area contributed by atoms with Crippen molar-refractivity contribution in [3.8, 4) is 0 Å². The number of hydrogen-bond donors (Lipinski definition) is 6. The molecule has 0 bridgehead atoms. The van der Waals surface area contributed by atoms with E-state index >= 15 is 0 Å². The number of carbonyl (C=O) groups excluding carboxylic acids is 8. The van der Waals surface area contributed by atoms with Gasteiger partial charge in [-0.2, -0.15) is 0 Å². The van der Waals surface area contributed by atoms with Gasteiger partial charge in [-0.05, 0) is 44.1 Å². The van der Waals surface area contributed by atoms with Crippen LogP contribution in [0.2, 0.25) is 0 Å². The van der Waals surface area contributed by atoms with Crippen LogP contribution >= 0.6 is 0 Å². The van der Waals surface area contributed by atoms with Gasteiger partial charge in [0.25, 0.3) is 18.3 Å². The lowest BCUT2D eigenvalue weighted by Gasteiger charge is -2.26. The Hall–Kier alpha value is -5.36. The minimum atomic E-state index is -1.01. The van der Waals surface area contributed by atoms with Gasteiger partial charge < -0.3 is 51.5 Å². The van der Waals surface area contributed by atoms with Crippen LogP contribution in [0.15, 0.2) is 36.4 Å². The maximum Gasteiger partial charge on any atom is 0.312 e. The lowest BCUT2D eigenvalue weighted by molar-refractivity contribution is -0.147. The minimum Gasteiger partial charge on any atom is -0.463 e. The van der Waals surface area contributed by atoms with Crippen LogP contribution in [0.4, 0.5) is 10.5 Å². The van der Waals surface area contributed by atoms with Crippen molar-refractivity contribution in [1.82, 2.24) is 31.1 Å². The molecule has 304 valence electrons. The molecular formula is C36H60N8O10. The van der Waals surface area contributed by atoms with E-state index in [1.807, 2.05) is 66.2 Å². The molecule has 7 N–H and O–H groups in total. The molecule has 2 heterocycles. The number of primary amides is 1. The number of likely N-dealkylation sites (tertiary alicyclic amines) is 1. The number of anilines is 1. The van der Waals surface area contributed by atoms with Crippen molar-refractivity contribution in [3.63, 3.8) is 0 Å². The largest absolute Gasteiger partial charge is 0.463 e. The molecule has 0 aliphatic carbocycles. The number of ether oxygens (including phenoxy) is 2. The summed E-state index contributed by atoms with van der Waals surface area (Å²) in [7, 11) is 7.05. The number of carbonyl (C=O) groups is 8. The fourth-order valence-corrected chi connectivity index (χ4v) is 4.66. The summed E-state index contributed by atoms with van der Waals surface area (Å²) in [4.78, 5) is 93.9. The van der Waals surface area contributed by atoms with Crippen molar-refractivity contribution in [2.45, 2.75) is 72.2 Å². The number of nitrogens with zero attached hydrogens (tertiary/aromatic N) is 2. The van der Waals surface area contributed by atoms with E-state index in [0.29, 0.717) is 25.9 Å². The highest BCUT2D eigenvalue weighted by molar-refractivity contribution is 6.15. The van der Waals surface area contributed by atoms with Gasteiger partial charge in [-0.1, -0.05) is 46.8 Å². The number of hydrogen-bond acceptors (Lipinski definition) is 12. The van der Waals surface area contributed by atoms with Gasteiger partial charge in [0, 0.05) is 45.0 Å². The number of imide groups is 1. The Bertz CT molecular complexity index is 1320. The second kappa shape index (κ2) is 30.1. The maximum absolute atomic E-state index is 12.9. The van der Waals surface area contributed by atoms with Gasteiger partial charge in [-0.15, -0.1) is 0 Å². The third-order valence-electron chi connectivity index (χ3n) is 7.07. The zero-order chi connectivity index (χ0) is 41.6. The number of benzene rings is 1. The summed E-state index contributed by atoms with van der Waals surface area (Å²) in [5.41, 5.74) is 6.76. The highest BCUT2D eigenvalue weighted by Gasteiger charge is 2.47. The third-order valence-corrected chi connectivity index (χ3v) is 7.07.